The van der Waals surface area contributed by atoms with E-state index in [0.29, 0.717) is 5.92 Å². The first kappa shape index (κ1) is 9.03. The molecule has 4 heteroatoms. The van der Waals surface area contributed by atoms with Crippen LogP contribution in [0.4, 0.5) is 0 Å². The van der Waals surface area contributed by atoms with Gasteiger partial charge >= 0.3 is 0 Å². The Balaban J connectivity index is 2.04. The summed E-state index contributed by atoms with van der Waals surface area (Å²) in [5, 5.41) is 8.35. The summed E-state index contributed by atoms with van der Waals surface area (Å²) in [5.41, 5.74) is 1.06. The van der Waals surface area contributed by atoms with Crippen LogP contribution in [-0.4, -0.2) is 22.9 Å². The Morgan fingerprint density at radius 2 is 2.62 bits per heavy atom. The highest BCUT2D eigenvalue weighted by molar-refractivity contribution is 6.30. The lowest BCUT2D eigenvalue weighted by Crippen LogP contribution is -2.15. The van der Waals surface area contributed by atoms with Gasteiger partial charge in [0.1, 0.15) is 5.15 Å². The lowest BCUT2D eigenvalue weighted by molar-refractivity contribution is 0.450. The molecule has 3 nitrogen and oxygen atoms in total. The fourth-order valence-corrected chi connectivity index (χ4v) is 1.87. The first-order valence-corrected chi connectivity index (χ1v) is 5.04. The van der Waals surface area contributed by atoms with Gasteiger partial charge in [0.2, 0.25) is 0 Å². The van der Waals surface area contributed by atoms with Crippen molar-refractivity contribution in [2.24, 2.45) is 5.92 Å². The molecule has 0 amide bonds. The molecule has 2 heterocycles. The van der Waals surface area contributed by atoms with Gasteiger partial charge in [-0.05, 0) is 32.4 Å². The lowest BCUT2D eigenvalue weighted by atomic mass is 10.1. The molecular weight excluding hydrogens is 186 g/mol. The molecular formula is C9H14ClN3. The van der Waals surface area contributed by atoms with Gasteiger partial charge in [-0.1, -0.05) is 11.6 Å². The van der Waals surface area contributed by atoms with Crippen molar-refractivity contribution in [3.63, 3.8) is 0 Å². The van der Waals surface area contributed by atoms with Crippen molar-refractivity contribution in [2.45, 2.75) is 19.9 Å². The van der Waals surface area contributed by atoms with Gasteiger partial charge in [-0.25, -0.2) is 0 Å². The molecule has 72 valence electrons. The van der Waals surface area contributed by atoms with E-state index in [1.807, 2.05) is 17.8 Å². The van der Waals surface area contributed by atoms with Crippen LogP contribution >= 0.6 is 11.6 Å². The maximum absolute atomic E-state index is 6.07. The van der Waals surface area contributed by atoms with E-state index in [9.17, 15) is 0 Å². The summed E-state index contributed by atoms with van der Waals surface area (Å²) < 4.78 is 1.90. The second-order valence-corrected chi connectivity index (χ2v) is 4.02. The van der Waals surface area contributed by atoms with Crippen molar-refractivity contribution in [3.8, 4) is 0 Å². The summed E-state index contributed by atoms with van der Waals surface area (Å²) in [5.74, 6) is 0.691. The maximum Gasteiger partial charge on any atom is 0.129 e. The molecule has 1 aliphatic heterocycles. The minimum atomic E-state index is 0.691. The summed E-state index contributed by atoms with van der Waals surface area (Å²) in [7, 11) is 0. The standard InChI is InChI=1S/C9H14ClN3/c1-7-4-12-13(9(7)10)6-8-2-3-11-5-8/h4,8,11H,2-3,5-6H2,1H3. The number of halogens is 1. The highest BCUT2D eigenvalue weighted by Crippen LogP contribution is 2.17. The van der Waals surface area contributed by atoms with Gasteiger partial charge in [0.15, 0.2) is 0 Å². The van der Waals surface area contributed by atoms with E-state index in [-0.39, 0.29) is 0 Å². The van der Waals surface area contributed by atoms with E-state index in [4.69, 9.17) is 11.6 Å². The van der Waals surface area contributed by atoms with E-state index < -0.39 is 0 Å². The second kappa shape index (κ2) is 3.68. The van der Waals surface area contributed by atoms with E-state index in [1.54, 1.807) is 0 Å². The Morgan fingerprint density at radius 1 is 1.77 bits per heavy atom. The van der Waals surface area contributed by atoms with Gasteiger partial charge in [-0.2, -0.15) is 5.10 Å². The molecule has 1 atom stereocenters. The molecule has 1 unspecified atom stereocenters. The lowest BCUT2D eigenvalue weighted by Gasteiger charge is -2.08. The highest BCUT2D eigenvalue weighted by atomic mass is 35.5. The molecule has 0 spiro atoms. The summed E-state index contributed by atoms with van der Waals surface area (Å²) in [6, 6.07) is 0. The molecule has 1 saturated heterocycles. The zero-order valence-corrected chi connectivity index (χ0v) is 8.51. The Kier molecular flexibility index (Phi) is 2.56. The van der Waals surface area contributed by atoms with Crippen molar-refractivity contribution in [1.82, 2.24) is 15.1 Å². The average Bonchev–Trinajstić information content (AvgIpc) is 2.71. The Labute approximate surface area is 83.1 Å². The third-order valence-corrected chi connectivity index (χ3v) is 3.03. The van der Waals surface area contributed by atoms with Crippen LogP contribution in [0.25, 0.3) is 0 Å². The van der Waals surface area contributed by atoms with E-state index in [0.717, 1.165) is 30.4 Å². The second-order valence-electron chi connectivity index (χ2n) is 3.66. The van der Waals surface area contributed by atoms with Crippen LogP contribution < -0.4 is 5.32 Å². The highest BCUT2D eigenvalue weighted by Gasteiger charge is 2.16. The van der Waals surface area contributed by atoms with Crippen molar-refractivity contribution in [1.29, 1.82) is 0 Å². The van der Waals surface area contributed by atoms with Gasteiger partial charge in [0.05, 0.1) is 6.20 Å². The minimum absolute atomic E-state index is 0.691. The molecule has 0 aromatic carbocycles. The van der Waals surface area contributed by atoms with Gasteiger partial charge in [0, 0.05) is 12.1 Å². The number of aromatic nitrogens is 2. The van der Waals surface area contributed by atoms with Crippen LogP contribution in [0.15, 0.2) is 6.20 Å². The predicted octanol–water partition coefficient (Wildman–Crippen LogP) is 1.45. The Bertz CT molecular complexity index is 289. The first-order valence-electron chi connectivity index (χ1n) is 4.66. The third-order valence-electron chi connectivity index (χ3n) is 2.54. The van der Waals surface area contributed by atoms with Crippen molar-refractivity contribution >= 4 is 11.6 Å². The van der Waals surface area contributed by atoms with Crippen LogP contribution in [0, 0.1) is 12.8 Å². The molecule has 1 aromatic heterocycles. The molecule has 13 heavy (non-hydrogen) atoms. The van der Waals surface area contributed by atoms with Gasteiger partial charge in [0.25, 0.3) is 0 Å². The van der Waals surface area contributed by atoms with Gasteiger partial charge in [-0.15, -0.1) is 0 Å². The average molecular weight is 200 g/mol. The first-order chi connectivity index (χ1) is 6.27. The molecule has 1 N–H and O–H groups in total. The largest absolute Gasteiger partial charge is 0.316 e. The predicted molar refractivity (Wildman–Crippen MR) is 53.0 cm³/mol. The van der Waals surface area contributed by atoms with Crippen molar-refractivity contribution in [3.05, 3.63) is 16.9 Å². The molecule has 1 aliphatic rings. The summed E-state index contributed by atoms with van der Waals surface area (Å²) in [6.45, 7) is 5.15. The zero-order chi connectivity index (χ0) is 9.26. The van der Waals surface area contributed by atoms with Gasteiger partial charge < -0.3 is 5.32 Å². The summed E-state index contributed by atoms with van der Waals surface area (Å²) >= 11 is 6.07. The SMILES string of the molecule is Cc1cnn(CC2CCNC2)c1Cl. The van der Waals surface area contributed by atoms with Crippen LogP contribution in [-0.2, 0) is 6.54 Å². The summed E-state index contributed by atoms with van der Waals surface area (Å²) in [4.78, 5) is 0. The van der Waals surface area contributed by atoms with Gasteiger partial charge in [-0.3, -0.25) is 4.68 Å². The quantitative estimate of drug-likeness (QED) is 0.782. The van der Waals surface area contributed by atoms with E-state index >= 15 is 0 Å². The number of rotatable bonds is 2. The number of aryl methyl sites for hydroxylation is 1. The number of nitrogens with zero attached hydrogens (tertiary/aromatic N) is 2. The maximum atomic E-state index is 6.07. The fraction of sp³-hybridized carbons (Fsp3) is 0.667. The number of hydrogen-bond acceptors (Lipinski definition) is 2. The smallest absolute Gasteiger partial charge is 0.129 e. The van der Waals surface area contributed by atoms with Crippen LogP contribution in [0.3, 0.4) is 0 Å². The van der Waals surface area contributed by atoms with E-state index in [2.05, 4.69) is 10.4 Å². The van der Waals surface area contributed by atoms with E-state index in [1.165, 1.54) is 6.42 Å². The number of nitrogens with one attached hydrogen (secondary N) is 1. The Hall–Kier alpha value is -0.540. The topological polar surface area (TPSA) is 29.9 Å². The molecule has 1 fully saturated rings. The molecule has 1 aromatic rings. The molecule has 0 bridgehead atoms. The van der Waals surface area contributed by atoms with Crippen molar-refractivity contribution in [2.75, 3.05) is 13.1 Å². The normalized spacial score (nSPS) is 22.5. The Morgan fingerprint density at radius 3 is 3.15 bits per heavy atom. The molecule has 0 saturated carbocycles. The van der Waals surface area contributed by atoms with Crippen molar-refractivity contribution < 1.29 is 0 Å². The fourth-order valence-electron chi connectivity index (χ4n) is 1.71. The molecule has 0 radical (unpaired) electrons. The molecule has 0 aliphatic carbocycles. The van der Waals surface area contributed by atoms with Crippen LogP contribution in [0.5, 0.6) is 0 Å². The number of hydrogen-bond donors (Lipinski definition) is 1. The molecule has 2 rings (SSSR count). The summed E-state index contributed by atoms with van der Waals surface area (Å²) in [6.07, 6.45) is 3.06. The zero-order valence-electron chi connectivity index (χ0n) is 7.76. The van der Waals surface area contributed by atoms with Crippen LogP contribution in [0.2, 0.25) is 5.15 Å². The monoisotopic (exact) mass is 199 g/mol. The third kappa shape index (κ3) is 1.86. The minimum Gasteiger partial charge on any atom is -0.316 e. The van der Waals surface area contributed by atoms with Crippen LogP contribution in [0.1, 0.15) is 12.0 Å².